The van der Waals surface area contributed by atoms with Gasteiger partial charge >= 0.3 is 0 Å². The van der Waals surface area contributed by atoms with Crippen LogP contribution in [0, 0.1) is 5.92 Å². The summed E-state index contributed by atoms with van der Waals surface area (Å²) in [6, 6.07) is 0. The summed E-state index contributed by atoms with van der Waals surface area (Å²) in [5.41, 5.74) is 0. The van der Waals surface area contributed by atoms with E-state index < -0.39 is 0 Å². The van der Waals surface area contributed by atoms with Gasteiger partial charge in [-0.2, -0.15) is 0 Å². The summed E-state index contributed by atoms with van der Waals surface area (Å²) in [6.45, 7) is 9.31. The van der Waals surface area contributed by atoms with Gasteiger partial charge in [0.2, 0.25) is 0 Å². The number of allylic oxidation sites excluding steroid dienone is 1. The predicted molar refractivity (Wildman–Crippen MR) is 49.4 cm³/mol. The van der Waals surface area contributed by atoms with Gasteiger partial charge in [-0.3, -0.25) is 0 Å². The van der Waals surface area contributed by atoms with Crippen molar-refractivity contribution in [3.63, 3.8) is 0 Å². The first-order valence-electron chi connectivity index (χ1n) is 4.12. The van der Waals surface area contributed by atoms with Crippen molar-refractivity contribution in [3.05, 3.63) is 25.3 Å². The third kappa shape index (κ3) is 5.86. The van der Waals surface area contributed by atoms with Crippen molar-refractivity contribution in [1.29, 1.82) is 0 Å². The van der Waals surface area contributed by atoms with Crippen molar-refractivity contribution in [2.24, 2.45) is 5.92 Å². The lowest BCUT2D eigenvalue weighted by atomic mass is 9.98. The first-order chi connectivity index (χ1) is 5.20. The maximum absolute atomic E-state index is 9.18. The van der Waals surface area contributed by atoms with E-state index in [1.807, 2.05) is 6.08 Å². The van der Waals surface area contributed by atoms with Gasteiger partial charge in [0.25, 0.3) is 0 Å². The van der Waals surface area contributed by atoms with E-state index in [1.54, 1.807) is 6.08 Å². The van der Waals surface area contributed by atoms with Crippen LogP contribution in [0.5, 0.6) is 0 Å². The first-order valence-corrected chi connectivity index (χ1v) is 4.12. The normalized spacial score (nSPS) is 15.5. The fourth-order valence-electron chi connectivity index (χ4n) is 1.03. The number of hydrogen-bond acceptors (Lipinski definition) is 1. The molecule has 2 atom stereocenters. The number of aliphatic hydroxyl groups is 1. The van der Waals surface area contributed by atoms with Crippen LogP contribution in [0.15, 0.2) is 25.3 Å². The summed E-state index contributed by atoms with van der Waals surface area (Å²) in [6.07, 6.45) is 6.12. The Hall–Kier alpha value is -0.560. The lowest BCUT2D eigenvalue weighted by molar-refractivity contribution is 0.189. The molecule has 0 aliphatic carbocycles. The maximum Gasteiger partial charge on any atom is 0.0720 e. The molecular formula is C10H18O. The molecule has 0 heterocycles. The molecule has 0 bridgehead atoms. The third-order valence-corrected chi connectivity index (χ3v) is 1.78. The van der Waals surface area contributed by atoms with E-state index in [0.29, 0.717) is 5.92 Å². The van der Waals surface area contributed by atoms with Gasteiger partial charge in [0.1, 0.15) is 0 Å². The van der Waals surface area contributed by atoms with Crippen LogP contribution in [0.3, 0.4) is 0 Å². The molecule has 0 fully saturated rings. The second-order valence-electron chi connectivity index (χ2n) is 3.01. The summed E-state index contributed by atoms with van der Waals surface area (Å²) in [4.78, 5) is 0. The zero-order chi connectivity index (χ0) is 8.69. The molecule has 0 aromatic heterocycles. The number of hydrogen-bond donors (Lipinski definition) is 1. The van der Waals surface area contributed by atoms with Gasteiger partial charge in [-0.15, -0.1) is 13.2 Å². The molecule has 0 unspecified atom stereocenters. The van der Waals surface area contributed by atoms with Gasteiger partial charge in [0.15, 0.2) is 0 Å². The van der Waals surface area contributed by atoms with Gasteiger partial charge in [-0.25, -0.2) is 0 Å². The average Bonchev–Trinajstić information content (AvgIpc) is 2.00. The highest BCUT2D eigenvalue weighted by atomic mass is 16.3. The topological polar surface area (TPSA) is 20.2 Å². The Balaban J connectivity index is 3.42. The van der Waals surface area contributed by atoms with E-state index >= 15 is 0 Å². The Morgan fingerprint density at radius 2 is 2.09 bits per heavy atom. The Bertz CT molecular complexity index is 118. The van der Waals surface area contributed by atoms with Crippen LogP contribution in [0.1, 0.15) is 26.2 Å². The zero-order valence-electron chi connectivity index (χ0n) is 7.29. The molecule has 0 aromatic rings. The fraction of sp³-hybridized carbons (Fsp3) is 0.600. The quantitative estimate of drug-likeness (QED) is 0.583. The van der Waals surface area contributed by atoms with Crippen LogP contribution in [0.4, 0.5) is 0 Å². The smallest absolute Gasteiger partial charge is 0.0720 e. The molecule has 0 spiro atoms. The van der Waals surface area contributed by atoms with Gasteiger partial charge in [-0.1, -0.05) is 19.1 Å². The minimum atomic E-state index is -0.338. The van der Waals surface area contributed by atoms with Crippen LogP contribution in [-0.2, 0) is 0 Å². The standard InChI is InChI=1S/C10H18O/c1-4-6-7-9(3)8-10(11)5-2/h4-5,9-11H,1-2,6-8H2,3H3/t9-,10+/m1/s1. The monoisotopic (exact) mass is 154 g/mol. The summed E-state index contributed by atoms with van der Waals surface area (Å²) in [5, 5.41) is 9.18. The molecule has 0 aliphatic heterocycles. The Labute approximate surface area is 69.4 Å². The number of aliphatic hydroxyl groups excluding tert-OH is 1. The molecule has 64 valence electrons. The Morgan fingerprint density at radius 3 is 2.55 bits per heavy atom. The van der Waals surface area contributed by atoms with Crippen LogP contribution in [0.25, 0.3) is 0 Å². The van der Waals surface area contributed by atoms with Crippen LogP contribution >= 0.6 is 0 Å². The molecule has 1 N–H and O–H groups in total. The van der Waals surface area contributed by atoms with Crippen molar-refractivity contribution in [2.75, 3.05) is 0 Å². The van der Waals surface area contributed by atoms with Crippen molar-refractivity contribution in [1.82, 2.24) is 0 Å². The maximum atomic E-state index is 9.18. The van der Waals surface area contributed by atoms with Gasteiger partial charge in [0.05, 0.1) is 6.10 Å². The molecule has 0 saturated heterocycles. The highest BCUT2D eigenvalue weighted by Crippen LogP contribution is 2.13. The fourth-order valence-corrected chi connectivity index (χ4v) is 1.03. The lowest BCUT2D eigenvalue weighted by Gasteiger charge is -2.11. The van der Waals surface area contributed by atoms with E-state index in [4.69, 9.17) is 0 Å². The van der Waals surface area contributed by atoms with Crippen LogP contribution in [0.2, 0.25) is 0 Å². The molecule has 0 aromatic carbocycles. The molecule has 1 nitrogen and oxygen atoms in total. The second-order valence-corrected chi connectivity index (χ2v) is 3.01. The molecule has 1 heteroatoms. The van der Waals surface area contributed by atoms with Gasteiger partial charge in [0, 0.05) is 0 Å². The van der Waals surface area contributed by atoms with E-state index in [-0.39, 0.29) is 6.10 Å². The molecule has 0 aliphatic rings. The minimum Gasteiger partial charge on any atom is -0.389 e. The third-order valence-electron chi connectivity index (χ3n) is 1.78. The summed E-state index contributed by atoms with van der Waals surface area (Å²) < 4.78 is 0. The molecule has 0 saturated carbocycles. The summed E-state index contributed by atoms with van der Waals surface area (Å²) in [5.74, 6) is 0.556. The van der Waals surface area contributed by atoms with Crippen LogP contribution < -0.4 is 0 Å². The van der Waals surface area contributed by atoms with Crippen molar-refractivity contribution in [3.8, 4) is 0 Å². The SMILES string of the molecule is C=CCC[C@@H](C)C[C@@H](O)C=C. The van der Waals surface area contributed by atoms with Gasteiger partial charge < -0.3 is 5.11 Å². The van der Waals surface area contributed by atoms with Crippen molar-refractivity contribution < 1.29 is 5.11 Å². The van der Waals surface area contributed by atoms with Gasteiger partial charge in [-0.05, 0) is 25.2 Å². The van der Waals surface area contributed by atoms with E-state index in [0.717, 1.165) is 19.3 Å². The van der Waals surface area contributed by atoms with Crippen molar-refractivity contribution in [2.45, 2.75) is 32.3 Å². The Kier molecular flexibility index (Phi) is 5.86. The molecule has 0 rings (SSSR count). The average molecular weight is 154 g/mol. The van der Waals surface area contributed by atoms with E-state index in [1.165, 1.54) is 0 Å². The first kappa shape index (κ1) is 10.4. The molecular weight excluding hydrogens is 136 g/mol. The summed E-state index contributed by atoms with van der Waals surface area (Å²) in [7, 11) is 0. The molecule has 0 radical (unpaired) electrons. The highest BCUT2D eigenvalue weighted by Gasteiger charge is 2.05. The van der Waals surface area contributed by atoms with E-state index in [2.05, 4.69) is 20.1 Å². The second kappa shape index (κ2) is 6.17. The zero-order valence-corrected chi connectivity index (χ0v) is 7.29. The highest BCUT2D eigenvalue weighted by molar-refractivity contribution is 4.80. The van der Waals surface area contributed by atoms with Crippen LogP contribution in [-0.4, -0.2) is 11.2 Å². The number of rotatable bonds is 6. The Morgan fingerprint density at radius 1 is 1.45 bits per heavy atom. The molecule has 0 amide bonds. The predicted octanol–water partition coefficient (Wildman–Crippen LogP) is 2.53. The lowest BCUT2D eigenvalue weighted by Crippen LogP contribution is -2.07. The van der Waals surface area contributed by atoms with E-state index in [9.17, 15) is 5.11 Å². The minimum absolute atomic E-state index is 0.338. The van der Waals surface area contributed by atoms with Crippen molar-refractivity contribution >= 4 is 0 Å². The molecule has 11 heavy (non-hydrogen) atoms. The largest absolute Gasteiger partial charge is 0.389 e. The summed E-state index contributed by atoms with van der Waals surface area (Å²) >= 11 is 0.